The summed E-state index contributed by atoms with van der Waals surface area (Å²) in [5.74, 6) is 0.128. The Kier molecular flexibility index (Phi) is 4.02. The maximum Gasteiger partial charge on any atom is 0.153 e. The molecule has 1 heterocycles. The fraction of sp³-hybridized carbons (Fsp3) is 0.133. The molecular weight excluding hydrogens is 332 g/mol. The van der Waals surface area contributed by atoms with Crippen molar-refractivity contribution in [3.05, 3.63) is 57.3 Å². The Bertz CT molecular complexity index is 805. The van der Waals surface area contributed by atoms with Crippen molar-refractivity contribution >= 4 is 44.8 Å². The van der Waals surface area contributed by atoms with Gasteiger partial charge in [0.05, 0.1) is 15.2 Å². The Morgan fingerprint density at radius 1 is 1.29 bits per heavy atom. The lowest BCUT2D eigenvalue weighted by Crippen LogP contribution is -2.05. The summed E-state index contributed by atoms with van der Waals surface area (Å²) in [6.45, 7) is 1.77. The van der Waals surface area contributed by atoms with Crippen molar-refractivity contribution in [2.75, 3.05) is 0 Å². The van der Waals surface area contributed by atoms with Crippen molar-refractivity contribution in [1.29, 1.82) is 0 Å². The van der Waals surface area contributed by atoms with E-state index in [1.807, 2.05) is 12.1 Å². The highest BCUT2D eigenvalue weighted by Gasteiger charge is 2.18. The van der Waals surface area contributed by atoms with Gasteiger partial charge in [-0.25, -0.2) is 9.37 Å². The zero-order chi connectivity index (χ0) is 15.0. The number of aromatic nitrogens is 1. The van der Waals surface area contributed by atoms with Crippen molar-refractivity contribution in [3.8, 4) is 5.75 Å². The second-order valence-electron chi connectivity index (χ2n) is 4.45. The van der Waals surface area contributed by atoms with E-state index in [4.69, 9.17) is 27.9 Å². The summed E-state index contributed by atoms with van der Waals surface area (Å²) in [6.07, 6.45) is -0.477. The van der Waals surface area contributed by atoms with Crippen LogP contribution >= 0.6 is 34.5 Å². The van der Waals surface area contributed by atoms with Crippen LogP contribution in [0.25, 0.3) is 10.2 Å². The third-order valence-electron chi connectivity index (χ3n) is 3.05. The number of ether oxygens (including phenoxy) is 1. The number of benzene rings is 2. The number of hydrogen-bond donors (Lipinski definition) is 0. The molecule has 2 aromatic carbocycles. The van der Waals surface area contributed by atoms with Crippen molar-refractivity contribution < 1.29 is 9.13 Å². The topological polar surface area (TPSA) is 22.1 Å². The van der Waals surface area contributed by atoms with Gasteiger partial charge in [0, 0.05) is 10.6 Å². The van der Waals surface area contributed by atoms with Crippen LogP contribution in [0, 0.1) is 11.3 Å². The number of thiazole rings is 1. The van der Waals surface area contributed by atoms with Crippen molar-refractivity contribution in [1.82, 2.24) is 4.98 Å². The molecule has 21 heavy (non-hydrogen) atoms. The fourth-order valence-corrected chi connectivity index (χ4v) is 3.36. The van der Waals surface area contributed by atoms with E-state index in [2.05, 4.69) is 10.5 Å². The first-order chi connectivity index (χ1) is 10.1. The molecule has 1 radical (unpaired) electrons. The molecule has 0 saturated carbocycles. The molecular formula is C15H9Cl2FNOS. The average molecular weight is 341 g/mol. The number of hydrogen-bond acceptors (Lipinski definition) is 3. The highest BCUT2D eigenvalue weighted by atomic mass is 35.5. The normalized spacial score (nSPS) is 12.6. The third-order valence-corrected chi connectivity index (χ3v) is 4.49. The molecule has 0 amide bonds. The van der Waals surface area contributed by atoms with E-state index in [1.54, 1.807) is 13.0 Å². The van der Waals surface area contributed by atoms with Crippen LogP contribution < -0.4 is 4.74 Å². The molecule has 1 unspecified atom stereocenters. The van der Waals surface area contributed by atoms with Gasteiger partial charge in [-0.2, -0.15) is 0 Å². The van der Waals surface area contributed by atoms with E-state index in [1.165, 1.54) is 23.5 Å². The molecule has 0 saturated heterocycles. The summed E-state index contributed by atoms with van der Waals surface area (Å²) < 4.78 is 20.4. The molecule has 1 aromatic heterocycles. The second-order valence-corrected chi connectivity index (χ2v) is 6.06. The lowest BCUT2D eigenvalue weighted by atomic mass is 10.1. The Balaban J connectivity index is 1.92. The molecule has 107 valence electrons. The van der Waals surface area contributed by atoms with Crippen LogP contribution in [0.4, 0.5) is 4.39 Å². The summed E-state index contributed by atoms with van der Waals surface area (Å²) in [4.78, 5) is 4.08. The molecule has 3 aromatic rings. The van der Waals surface area contributed by atoms with E-state index < -0.39 is 11.9 Å². The monoisotopic (exact) mass is 340 g/mol. The van der Waals surface area contributed by atoms with Crippen LogP contribution in [0.5, 0.6) is 5.75 Å². The Labute approximate surface area is 135 Å². The minimum Gasteiger partial charge on any atom is -0.486 e. The largest absolute Gasteiger partial charge is 0.486 e. The number of nitrogens with zero attached hydrogens (tertiary/aromatic N) is 1. The van der Waals surface area contributed by atoms with Gasteiger partial charge in [0.1, 0.15) is 17.7 Å². The molecule has 0 bridgehead atoms. The number of halogens is 3. The Morgan fingerprint density at radius 2 is 2.10 bits per heavy atom. The molecule has 0 spiro atoms. The SMILES string of the molecule is CC(Oc1ccc2n[c]sc2c1)c1c(Cl)ccc(F)c1Cl. The van der Waals surface area contributed by atoms with Gasteiger partial charge in [-0.05, 0) is 37.3 Å². The molecule has 0 N–H and O–H groups in total. The van der Waals surface area contributed by atoms with Gasteiger partial charge in [0.15, 0.2) is 5.51 Å². The molecule has 0 aliphatic heterocycles. The van der Waals surface area contributed by atoms with E-state index in [-0.39, 0.29) is 5.02 Å². The molecule has 0 aliphatic rings. The lowest BCUT2D eigenvalue weighted by molar-refractivity contribution is 0.227. The molecule has 2 nitrogen and oxygen atoms in total. The predicted octanol–water partition coefficient (Wildman–Crippen LogP) is 5.68. The van der Waals surface area contributed by atoms with E-state index in [0.717, 1.165) is 10.2 Å². The van der Waals surface area contributed by atoms with Crippen LogP contribution in [-0.2, 0) is 0 Å². The molecule has 0 fully saturated rings. The van der Waals surface area contributed by atoms with Gasteiger partial charge in [-0.1, -0.05) is 23.2 Å². The van der Waals surface area contributed by atoms with Crippen LogP contribution in [0.15, 0.2) is 30.3 Å². The minimum atomic E-state index is -0.515. The van der Waals surface area contributed by atoms with Crippen molar-refractivity contribution in [3.63, 3.8) is 0 Å². The van der Waals surface area contributed by atoms with Crippen LogP contribution in [0.1, 0.15) is 18.6 Å². The van der Waals surface area contributed by atoms with Crippen LogP contribution in [0.3, 0.4) is 0 Å². The van der Waals surface area contributed by atoms with Crippen LogP contribution in [0.2, 0.25) is 10.0 Å². The lowest BCUT2D eigenvalue weighted by Gasteiger charge is -2.18. The predicted molar refractivity (Wildman–Crippen MR) is 83.9 cm³/mol. The smallest absolute Gasteiger partial charge is 0.153 e. The fourth-order valence-electron chi connectivity index (χ4n) is 2.04. The zero-order valence-corrected chi connectivity index (χ0v) is 13.2. The summed E-state index contributed by atoms with van der Waals surface area (Å²) in [5, 5.41) is 0.364. The summed E-state index contributed by atoms with van der Waals surface area (Å²) in [5.41, 5.74) is 4.12. The van der Waals surface area contributed by atoms with Crippen molar-refractivity contribution in [2.24, 2.45) is 0 Å². The minimum absolute atomic E-state index is 0.0119. The number of rotatable bonds is 3. The second kappa shape index (κ2) is 5.79. The maximum absolute atomic E-state index is 13.6. The van der Waals surface area contributed by atoms with Gasteiger partial charge in [-0.3, -0.25) is 0 Å². The quantitative estimate of drug-likeness (QED) is 0.572. The van der Waals surface area contributed by atoms with Gasteiger partial charge in [-0.15, -0.1) is 11.3 Å². The Morgan fingerprint density at radius 3 is 2.90 bits per heavy atom. The van der Waals surface area contributed by atoms with Gasteiger partial charge in [0.25, 0.3) is 0 Å². The van der Waals surface area contributed by atoms with E-state index in [9.17, 15) is 4.39 Å². The summed E-state index contributed by atoms with van der Waals surface area (Å²) in [6, 6.07) is 8.22. The third kappa shape index (κ3) is 2.84. The molecule has 3 rings (SSSR count). The highest BCUT2D eigenvalue weighted by Crippen LogP contribution is 2.35. The standard InChI is InChI=1S/C15H9Cl2FNOS/c1-8(14-10(16)3-4-11(18)15(14)17)20-9-2-5-12-13(6-9)21-7-19-12/h2-6,8H,1H3. The summed E-state index contributed by atoms with van der Waals surface area (Å²) in [7, 11) is 0. The van der Waals surface area contributed by atoms with E-state index in [0.29, 0.717) is 16.3 Å². The van der Waals surface area contributed by atoms with Crippen LogP contribution in [-0.4, -0.2) is 4.98 Å². The van der Waals surface area contributed by atoms with Gasteiger partial charge in [0.2, 0.25) is 0 Å². The maximum atomic E-state index is 13.6. The first-order valence-corrected chi connectivity index (χ1v) is 7.70. The number of fused-ring (bicyclic) bond motifs is 1. The molecule has 0 aliphatic carbocycles. The average Bonchev–Trinajstić information content (AvgIpc) is 2.91. The zero-order valence-electron chi connectivity index (χ0n) is 10.9. The molecule has 6 heteroatoms. The summed E-state index contributed by atoms with van der Waals surface area (Å²) >= 11 is 13.5. The Hall–Kier alpha value is -1.36. The molecule has 1 atom stereocenters. The van der Waals surface area contributed by atoms with Gasteiger partial charge < -0.3 is 4.74 Å². The van der Waals surface area contributed by atoms with E-state index >= 15 is 0 Å². The first kappa shape index (κ1) is 14.6. The van der Waals surface area contributed by atoms with Gasteiger partial charge >= 0.3 is 0 Å². The first-order valence-electron chi connectivity index (χ1n) is 6.13. The van der Waals surface area contributed by atoms with Crippen molar-refractivity contribution in [2.45, 2.75) is 13.0 Å². The highest BCUT2D eigenvalue weighted by molar-refractivity contribution is 7.16.